The van der Waals surface area contributed by atoms with E-state index in [1.165, 1.54) is 15.9 Å². The maximum absolute atomic E-state index is 13.4. The van der Waals surface area contributed by atoms with Crippen LogP contribution in [-0.2, 0) is 14.3 Å². The Kier molecular flexibility index (Phi) is 11.8. The number of benzene rings is 1. The number of nitrogens with zero attached hydrogens (tertiary/aromatic N) is 4. The minimum atomic E-state index is -1.17. The first kappa shape index (κ1) is 31.2. The monoisotopic (exact) mass is 573 g/mol. The standard InChI is InChI=1S/C27H35N5O9/c1-2-40-27(39)32-12-10-31(11-13-32)26(38)20(8-9-23(35)36)29-25(37)21-14-22(41-17-18(15-33)16-34)30-24(28-21)19-6-4-3-5-7-19/h3-7,14,18,20,33-34H,2,8-13,15-17H2,1H3,(H,29,37)(H,35,36)/t20-/m0/s1. The zero-order valence-corrected chi connectivity index (χ0v) is 22.8. The van der Waals surface area contributed by atoms with Crippen LogP contribution < -0.4 is 10.1 Å². The molecule has 41 heavy (non-hydrogen) atoms. The number of aromatic nitrogens is 2. The third-order valence-electron chi connectivity index (χ3n) is 6.32. The van der Waals surface area contributed by atoms with Gasteiger partial charge in [0.25, 0.3) is 5.91 Å². The molecule has 0 spiro atoms. The number of rotatable bonds is 13. The second-order valence-electron chi connectivity index (χ2n) is 9.29. The lowest BCUT2D eigenvalue weighted by atomic mass is 10.1. The Hall–Kier alpha value is -4.30. The number of hydrogen-bond acceptors (Lipinski definition) is 10. The summed E-state index contributed by atoms with van der Waals surface area (Å²) < 4.78 is 10.6. The van der Waals surface area contributed by atoms with Crippen molar-refractivity contribution in [3.05, 3.63) is 42.1 Å². The summed E-state index contributed by atoms with van der Waals surface area (Å²) in [6, 6.07) is 8.91. The van der Waals surface area contributed by atoms with Crippen LogP contribution in [0.5, 0.6) is 5.88 Å². The van der Waals surface area contributed by atoms with Gasteiger partial charge in [-0.2, -0.15) is 4.98 Å². The van der Waals surface area contributed by atoms with Crippen LogP contribution in [0.4, 0.5) is 4.79 Å². The second-order valence-corrected chi connectivity index (χ2v) is 9.29. The first-order valence-electron chi connectivity index (χ1n) is 13.3. The molecule has 14 heteroatoms. The molecule has 1 atom stereocenters. The number of aliphatic carboxylic acids is 1. The Bertz CT molecular complexity index is 1180. The van der Waals surface area contributed by atoms with Crippen molar-refractivity contribution in [2.24, 2.45) is 5.92 Å². The summed E-state index contributed by atoms with van der Waals surface area (Å²) >= 11 is 0. The minimum absolute atomic E-state index is 0.0133. The number of nitrogens with one attached hydrogen (secondary N) is 1. The van der Waals surface area contributed by atoms with Gasteiger partial charge in [-0.05, 0) is 13.3 Å². The molecule has 14 nitrogen and oxygen atoms in total. The molecule has 1 fully saturated rings. The van der Waals surface area contributed by atoms with E-state index in [4.69, 9.17) is 9.47 Å². The molecule has 3 amide bonds. The summed E-state index contributed by atoms with van der Waals surface area (Å²) in [4.78, 5) is 61.6. The number of hydrogen-bond donors (Lipinski definition) is 4. The van der Waals surface area contributed by atoms with Gasteiger partial charge >= 0.3 is 12.1 Å². The van der Waals surface area contributed by atoms with Crippen molar-refractivity contribution in [2.75, 3.05) is 52.6 Å². The molecule has 0 saturated carbocycles. The van der Waals surface area contributed by atoms with E-state index in [0.717, 1.165) is 0 Å². The van der Waals surface area contributed by atoms with Crippen LogP contribution in [-0.4, -0.2) is 118 Å². The lowest BCUT2D eigenvalue weighted by Crippen LogP contribution is -2.56. The van der Waals surface area contributed by atoms with E-state index in [0.29, 0.717) is 5.56 Å². The molecule has 1 aromatic heterocycles. The molecule has 1 aromatic carbocycles. The molecule has 4 N–H and O–H groups in total. The van der Waals surface area contributed by atoms with Crippen molar-refractivity contribution >= 4 is 23.9 Å². The van der Waals surface area contributed by atoms with Crippen molar-refractivity contribution in [2.45, 2.75) is 25.8 Å². The molecule has 3 rings (SSSR count). The maximum Gasteiger partial charge on any atom is 0.409 e. The topological polar surface area (TPSA) is 192 Å². The first-order valence-corrected chi connectivity index (χ1v) is 13.3. The number of piperazine rings is 1. The highest BCUT2D eigenvalue weighted by Crippen LogP contribution is 2.20. The molecule has 2 aromatic rings. The highest BCUT2D eigenvalue weighted by molar-refractivity contribution is 5.96. The van der Waals surface area contributed by atoms with E-state index >= 15 is 0 Å². The second kappa shape index (κ2) is 15.5. The third-order valence-corrected chi connectivity index (χ3v) is 6.32. The summed E-state index contributed by atoms with van der Waals surface area (Å²) in [5, 5.41) is 30.5. The molecule has 2 heterocycles. The Morgan fingerprint density at radius 1 is 1.00 bits per heavy atom. The highest BCUT2D eigenvalue weighted by atomic mass is 16.6. The Labute approximate surface area is 236 Å². The van der Waals surface area contributed by atoms with Gasteiger partial charge in [-0.25, -0.2) is 9.78 Å². The smallest absolute Gasteiger partial charge is 0.409 e. The first-order chi connectivity index (χ1) is 19.7. The number of carbonyl (C=O) groups is 4. The van der Waals surface area contributed by atoms with E-state index in [2.05, 4.69) is 15.3 Å². The van der Waals surface area contributed by atoms with Gasteiger partial charge in [-0.15, -0.1) is 0 Å². The number of amides is 3. The van der Waals surface area contributed by atoms with E-state index < -0.39 is 35.8 Å². The predicted molar refractivity (Wildman–Crippen MR) is 144 cm³/mol. The number of aliphatic hydroxyl groups excluding tert-OH is 2. The Morgan fingerprint density at radius 3 is 2.27 bits per heavy atom. The highest BCUT2D eigenvalue weighted by Gasteiger charge is 2.31. The largest absolute Gasteiger partial charge is 0.481 e. The Morgan fingerprint density at radius 2 is 1.66 bits per heavy atom. The van der Waals surface area contributed by atoms with Crippen LogP contribution in [0.2, 0.25) is 0 Å². The zero-order chi connectivity index (χ0) is 29.8. The molecule has 0 radical (unpaired) electrons. The van der Waals surface area contributed by atoms with Gasteiger partial charge in [-0.3, -0.25) is 14.4 Å². The number of carbonyl (C=O) groups excluding carboxylic acids is 3. The molecule has 0 bridgehead atoms. The van der Waals surface area contributed by atoms with Gasteiger partial charge in [0, 0.05) is 50.1 Å². The lowest BCUT2D eigenvalue weighted by Gasteiger charge is -2.35. The molecule has 1 saturated heterocycles. The average molecular weight is 574 g/mol. The van der Waals surface area contributed by atoms with Crippen molar-refractivity contribution in [1.29, 1.82) is 0 Å². The third kappa shape index (κ3) is 9.11. The predicted octanol–water partition coefficient (Wildman–Crippen LogP) is 0.387. The fraction of sp³-hybridized carbons (Fsp3) is 0.481. The molecule has 0 aliphatic carbocycles. The summed E-state index contributed by atoms with van der Waals surface area (Å²) in [5.74, 6) is -2.74. The van der Waals surface area contributed by atoms with Crippen LogP contribution >= 0.6 is 0 Å². The van der Waals surface area contributed by atoms with Crippen molar-refractivity contribution in [1.82, 2.24) is 25.1 Å². The normalized spacial score (nSPS) is 14.0. The van der Waals surface area contributed by atoms with Crippen molar-refractivity contribution in [3.63, 3.8) is 0 Å². The van der Waals surface area contributed by atoms with Crippen LogP contribution in [0.3, 0.4) is 0 Å². The van der Waals surface area contributed by atoms with Gasteiger partial charge in [0.1, 0.15) is 11.7 Å². The van der Waals surface area contributed by atoms with Crippen LogP contribution in [0.25, 0.3) is 11.4 Å². The molecule has 0 unspecified atom stereocenters. The van der Waals surface area contributed by atoms with Crippen LogP contribution in [0.1, 0.15) is 30.3 Å². The minimum Gasteiger partial charge on any atom is -0.481 e. The summed E-state index contributed by atoms with van der Waals surface area (Å²) in [6.07, 6.45) is -1.00. The summed E-state index contributed by atoms with van der Waals surface area (Å²) in [7, 11) is 0. The van der Waals surface area contributed by atoms with E-state index in [1.54, 1.807) is 37.3 Å². The molecule has 1 aliphatic heterocycles. The van der Waals surface area contributed by atoms with Crippen LogP contribution in [0, 0.1) is 5.92 Å². The molecular formula is C27H35N5O9. The fourth-order valence-corrected chi connectivity index (χ4v) is 4.00. The number of aliphatic hydroxyl groups is 2. The summed E-state index contributed by atoms with van der Waals surface area (Å²) in [6.45, 7) is 2.08. The van der Waals surface area contributed by atoms with Gasteiger partial charge < -0.3 is 39.9 Å². The Balaban J connectivity index is 1.81. The van der Waals surface area contributed by atoms with E-state index in [9.17, 15) is 34.5 Å². The average Bonchev–Trinajstić information content (AvgIpc) is 2.99. The molecule has 1 aliphatic rings. The maximum atomic E-state index is 13.4. The van der Waals surface area contributed by atoms with E-state index in [1.807, 2.05) is 0 Å². The zero-order valence-electron chi connectivity index (χ0n) is 22.8. The van der Waals surface area contributed by atoms with Gasteiger partial charge in [0.15, 0.2) is 5.82 Å². The molecular weight excluding hydrogens is 538 g/mol. The number of carboxylic acids is 1. The van der Waals surface area contributed by atoms with Crippen LogP contribution in [0.15, 0.2) is 36.4 Å². The number of carboxylic acid groups (broad SMARTS) is 1. The fourth-order valence-electron chi connectivity index (χ4n) is 4.00. The summed E-state index contributed by atoms with van der Waals surface area (Å²) in [5.41, 5.74) is 0.462. The SMILES string of the molecule is CCOC(=O)N1CCN(C(=O)[C@H](CCC(=O)O)NC(=O)c2cc(OCC(CO)CO)nc(-c3ccccc3)n2)CC1. The molecule has 222 valence electrons. The van der Waals surface area contributed by atoms with Gasteiger partial charge in [0.05, 0.1) is 26.4 Å². The van der Waals surface area contributed by atoms with Crippen molar-refractivity contribution in [3.8, 4) is 17.3 Å². The number of ether oxygens (including phenoxy) is 2. The quantitative estimate of drug-likeness (QED) is 0.259. The van der Waals surface area contributed by atoms with E-state index in [-0.39, 0.29) is 82.8 Å². The lowest BCUT2D eigenvalue weighted by molar-refractivity contribution is -0.138. The van der Waals surface area contributed by atoms with Gasteiger partial charge in [0.2, 0.25) is 11.8 Å². The van der Waals surface area contributed by atoms with Gasteiger partial charge in [-0.1, -0.05) is 30.3 Å². The van der Waals surface area contributed by atoms with Crippen molar-refractivity contribution < 1.29 is 44.0 Å².